The average Bonchev–Trinajstić information content (AvgIpc) is 2.45. The van der Waals surface area contributed by atoms with Crippen LogP contribution in [0.2, 0.25) is 0 Å². The summed E-state index contributed by atoms with van der Waals surface area (Å²) in [7, 11) is 0. The third-order valence-corrected chi connectivity index (χ3v) is 3.40. The zero-order valence-corrected chi connectivity index (χ0v) is 13.8. The Morgan fingerprint density at radius 1 is 1.30 bits per heavy atom. The quantitative estimate of drug-likeness (QED) is 0.830. The second-order valence-electron chi connectivity index (χ2n) is 6.55. The Labute approximate surface area is 136 Å². The fraction of sp³-hybridized carbons (Fsp3) is 0.529. The molecular weight excluding hydrogens is 296 g/mol. The Bertz CT molecular complexity index is 539. The molecule has 0 aromatic heterocycles. The van der Waals surface area contributed by atoms with Crippen LogP contribution in [0, 0.1) is 0 Å². The van der Waals surface area contributed by atoms with Crippen LogP contribution in [-0.4, -0.2) is 36.4 Å². The van der Waals surface area contributed by atoms with Gasteiger partial charge in [0.2, 0.25) is 0 Å². The number of hydrogen-bond acceptors (Lipinski definition) is 5. The van der Waals surface area contributed by atoms with Gasteiger partial charge in [-0.05, 0) is 26.3 Å². The summed E-state index contributed by atoms with van der Waals surface area (Å²) in [4.78, 5) is 24.0. The molecule has 126 valence electrons. The number of amides is 1. The van der Waals surface area contributed by atoms with E-state index in [0.29, 0.717) is 19.6 Å². The second kappa shape index (κ2) is 7.46. The van der Waals surface area contributed by atoms with Crippen LogP contribution in [0.15, 0.2) is 30.3 Å². The summed E-state index contributed by atoms with van der Waals surface area (Å²) >= 11 is 0. The predicted octanol–water partition coefficient (Wildman–Crippen LogP) is 1.98. The van der Waals surface area contributed by atoms with Crippen molar-refractivity contribution in [3.05, 3.63) is 35.9 Å². The number of ether oxygens (including phenoxy) is 2. The SMILES string of the molecule is CC(C)(C)OC(=O)N[C@H]1CCOC(=O)[C@@H]1NCc1ccccc1. The van der Waals surface area contributed by atoms with Crippen LogP contribution < -0.4 is 10.6 Å². The van der Waals surface area contributed by atoms with E-state index < -0.39 is 17.7 Å². The van der Waals surface area contributed by atoms with Crippen LogP contribution in [0.1, 0.15) is 32.8 Å². The highest BCUT2D eigenvalue weighted by Gasteiger charge is 2.35. The van der Waals surface area contributed by atoms with Crippen LogP contribution in [-0.2, 0) is 20.8 Å². The van der Waals surface area contributed by atoms with Crippen LogP contribution in [0.4, 0.5) is 4.79 Å². The minimum absolute atomic E-state index is 0.294. The molecule has 1 amide bonds. The Morgan fingerprint density at radius 3 is 2.65 bits per heavy atom. The maximum absolute atomic E-state index is 12.0. The summed E-state index contributed by atoms with van der Waals surface area (Å²) < 4.78 is 10.4. The molecule has 1 heterocycles. The van der Waals surface area contributed by atoms with Gasteiger partial charge in [-0.25, -0.2) is 4.79 Å². The van der Waals surface area contributed by atoms with Gasteiger partial charge in [0, 0.05) is 13.0 Å². The first kappa shape index (κ1) is 17.3. The Kier molecular flexibility index (Phi) is 5.60. The number of carbonyl (C=O) groups is 2. The summed E-state index contributed by atoms with van der Waals surface area (Å²) in [6, 6.07) is 8.81. The van der Waals surface area contributed by atoms with Gasteiger partial charge >= 0.3 is 12.1 Å². The van der Waals surface area contributed by atoms with E-state index in [9.17, 15) is 9.59 Å². The van der Waals surface area contributed by atoms with Gasteiger partial charge in [-0.3, -0.25) is 10.1 Å². The molecule has 1 aliphatic rings. The van der Waals surface area contributed by atoms with Gasteiger partial charge in [-0.2, -0.15) is 0 Å². The Morgan fingerprint density at radius 2 is 2.00 bits per heavy atom. The van der Waals surface area contributed by atoms with Crippen LogP contribution in [0.25, 0.3) is 0 Å². The molecule has 6 nitrogen and oxygen atoms in total. The zero-order valence-electron chi connectivity index (χ0n) is 13.8. The fourth-order valence-corrected chi connectivity index (χ4v) is 2.37. The third kappa shape index (κ3) is 5.56. The minimum atomic E-state index is -0.587. The normalized spacial score (nSPS) is 21.4. The summed E-state index contributed by atoms with van der Waals surface area (Å²) in [5, 5.41) is 5.93. The highest BCUT2D eigenvalue weighted by atomic mass is 16.6. The molecular formula is C17H24N2O4. The maximum atomic E-state index is 12.0. The maximum Gasteiger partial charge on any atom is 0.407 e. The number of esters is 1. The van der Waals surface area contributed by atoms with Crippen molar-refractivity contribution in [3.8, 4) is 0 Å². The van der Waals surface area contributed by atoms with Crippen molar-refractivity contribution in [1.29, 1.82) is 0 Å². The molecule has 0 aliphatic carbocycles. The molecule has 0 bridgehead atoms. The van der Waals surface area contributed by atoms with Gasteiger partial charge in [0.25, 0.3) is 0 Å². The highest BCUT2D eigenvalue weighted by Crippen LogP contribution is 2.13. The van der Waals surface area contributed by atoms with Crippen molar-refractivity contribution in [2.75, 3.05) is 6.61 Å². The van der Waals surface area contributed by atoms with Crippen molar-refractivity contribution >= 4 is 12.1 Å². The van der Waals surface area contributed by atoms with Gasteiger partial charge in [0.05, 0.1) is 12.6 Å². The lowest BCUT2D eigenvalue weighted by Gasteiger charge is -2.32. The van der Waals surface area contributed by atoms with Crippen LogP contribution >= 0.6 is 0 Å². The number of hydrogen-bond donors (Lipinski definition) is 2. The van der Waals surface area contributed by atoms with Crippen molar-refractivity contribution in [2.45, 2.75) is 51.4 Å². The topological polar surface area (TPSA) is 76.7 Å². The van der Waals surface area contributed by atoms with E-state index in [1.165, 1.54) is 0 Å². The molecule has 1 saturated heterocycles. The van der Waals surface area contributed by atoms with Crippen molar-refractivity contribution in [2.24, 2.45) is 0 Å². The van der Waals surface area contributed by atoms with E-state index in [-0.39, 0.29) is 12.0 Å². The summed E-state index contributed by atoms with van der Waals surface area (Å²) in [5.74, 6) is -0.353. The molecule has 1 fully saturated rings. The summed E-state index contributed by atoms with van der Waals surface area (Å²) in [6.45, 7) is 6.21. The van der Waals surface area contributed by atoms with Crippen molar-refractivity contribution in [1.82, 2.24) is 10.6 Å². The Hall–Kier alpha value is -2.08. The molecule has 2 N–H and O–H groups in total. The highest BCUT2D eigenvalue weighted by molar-refractivity contribution is 5.79. The van der Waals surface area contributed by atoms with Crippen molar-refractivity contribution in [3.63, 3.8) is 0 Å². The van der Waals surface area contributed by atoms with E-state index in [2.05, 4.69) is 10.6 Å². The van der Waals surface area contributed by atoms with Crippen LogP contribution in [0.5, 0.6) is 0 Å². The lowest BCUT2D eigenvalue weighted by molar-refractivity contribution is -0.151. The fourth-order valence-electron chi connectivity index (χ4n) is 2.37. The molecule has 2 atom stereocenters. The van der Waals surface area contributed by atoms with Gasteiger partial charge in [-0.1, -0.05) is 30.3 Å². The van der Waals surface area contributed by atoms with E-state index in [1.54, 1.807) is 20.8 Å². The van der Waals surface area contributed by atoms with E-state index in [0.717, 1.165) is 5.56 Å². The molecule has 2 rings (SSSR count). The first-order chi connectivity index (χ1) is 10.8. The third-order valence-electron chi connectivity index (χ3n) is 3.40. The predicted molar refractivity (Wildman–Crippen MR) is 85.8 cm³/mol. The molecule has 0 saturated carbocycles. The largest absolute Gasteiger partial charge is 0.464 e. The van der Waals surface area contributed by atoms with E-state index in [1.807, 2.05) is 30.3 Å². The summed E-state index contributed by atoms with van der Waals surface area (Å²) in [5.41, 5.74) is 0.480. The number of cyclic esters (lactones) is 1. The molecule has 0 radical (unpaired) electrons. The molecule has 0 spiro atoms. The lowest BCUT2D eigenvalue weighted by atomic mass is 10.0. The van der Waals surface area contributed by atoms with Crippen LogP contribution in [0.3, 0.4) is 0 Å². The van der Waals surface area contributed by atoms with Gasteiger partial charge in [-0.15, -0.1) is 0 Å². The molecule has 1 aromatic rings. The van der Waals surface area contributed by atoms with Gasteiger partial charge in [0.1, 0.15) is 11.6 Å². The first-order valence-corrected chi connectivity index (χ1v) is 7.78. The minimum Gasteiger partial charge on any atom is -0.464 e. The number of nitrogens with one attached hydrogen (secondary N) is 2. The Balaban J connectivity index is 1.95. The van der Waals surface area contributed by atoms with E-state index in [4.69, 9.17) is 9.47 Å². The lowest BCUT2D eigenvalue weighted by Crippen LogP contribution is -2.57. The number of alkyl carbamates (subject to hydrolysis) is 1. The zero-order chi connectivity index (χ0) is 16.9. The molecule has 23 heavy (non-hydrogen) atoms. The van der Waals surface area contributed by atoms with Crippen molar-refractivity contribution < 1.29 is 19.1 Å². The standard InChI is InChI=1S/C17H24N2O4/c1-17(2,3)23-16(21)19-13-9-10-22-15(20)14(13)18-11-12-7-5-4-6-8-12/h4-8,13-14,18H,9-11H2,1-3H3,(H,19,21)/t13-,14+/m0/s1. The molecule has 6 heteroatoms. The average molecular weight is 320 g/mol. The molecule has 1 aromatic carbocycles. The van der Waals surface area contributed by atoms with Gasteiger partial charge < -0.3 is 14.8 Å². The number of rotatable bonds is 4. The smallest absolute Gasteiger partial charge is 0.407 e. The molecule has 0 unspecified atom stereocenters. The second-order valence-corrected chi connectivity index (χ2v) is 6.55. The van der Waals surface area contributed by atoms with E-state index >= 15 is 0 Å². The molecule has 1 aliphatic heterocycles. The first-order valence-electron chi connectivity index (χ1n) is 7.78. The number of benzene rings is 1. The number of carbonyl (C=O) groups excluding carboxylic acids is 2. The van der Waals surface area contributed by atoms with Gasteiger partial charge in [0.15, 0.2) is 0 Å². The monoisotopic (exact) mass is 320 g/mol. The summed E-state index contributed by atoms with van der Waals surface area (Å²) in [6.07, 6.45) is 0.0287.